The number of rotatable bonds is 10. The number of ether oxygens (including phenoxy) is 1. The lowest BCUT2D eigenvalue weighted by molar-refractivity contribution is -0.148. The number of nitrogens with one attached hydrogen (secondary N) is 1. The summed E-state index contributed by atoms with van der Waals surface area (Å²) >= 11 is 0. The van der Waals surface area contributed by atoms with Gasteiger partial charge in [0.25, 0.3) is 5.91 Å². The first-order chi connectivity index (χ1) is 16.6. The van der Waals surface area contributed by atoms with E-state index in [2.05, 4.69) is 15.2 Å². The predicted octanol–water partition coefficient (Wildman–Crippen LogP) is 3.12. The molecule has 8 nitrogen and oxygen atoms in total. The number of hydrogen-bond donors (Lipinski definition) is 2. The molecule has 0 saturated carbocycles. The Morgan fingerprint density at radius 2 is 1.77 bits per heavy atom. The molecule has 35 heavy (non-hydrogen) atoms. The summed E-state index contributed by atoms with van der Waals surface area (Å²) in [5.41, 5.74) is -0.368. The van der Waals surface area contributed by atoms with Crippen LogP contribution in [0.3, 0.4) is 0 Å². The molecule has 2 atom stereocenters. The second-order valence-electron chi connectivity index (χ2n) is 7.70. The van der Waals surface area contributed by atoms with Gasteiger partial charge in [-0.2, -0.15) is 8.78 Å². The smallest absolute Gasteiger partial charge is 0.305 e. The van der Waals surface area contributed by atoms with Gasteiger partial charge in [-0.25, -0.2) is 8.78 Å². The number of oxime groups is 1. The summed E-state index contributed by atoms with van der Waals surface area (Å²) in [5, 5.41) is 15.4. The first-order valence-corrected chi connectivity index (χ1v) is 10.4. The third-order valence-corrected chi connectivity index (χ3v) is 5.38. The summed E-state index contributed by atoms with van der Waals surface area (Å²) in [6.45, 7) is 0.449. The van der Waals surface area contributed by atoms with Crippen molar-refractivity contribution in [3.05, 3.63) is 65.2 Å². The molecule has 3 rings (SSSR count). The molecule has 1 unspecified atom stereocenters. The number of hydrogen-bond acceptors (Lipinski definition) is 6. The number of Topliss-reactive ketones (excluding diaryl/α,β-unsaturated/α-hetero) is 1. The van der Waals surface area contributed by atoms with E-state index < -0.39 is 71.3 Å². The lowest BCUT2D eigenvalue weighted by Gasteiger charge is -2.26. The van der Waals surface area contributed by atoms with Crippen molar-refractivity contribution in [2.45, 2.75) is 37.8 Å². The molecule has 12 heteroatoms. The van der Waals surface area contributed by atoms with Crippen LogP contribution in [0.25, 0.3) is 0 Å². The summed E-state index contributed by atoms with van der Waals surface area (Å²) in [5.74, 6) is -12.2. The highest BCUT2D eigenvalue weighted by Gasteiger charge is 2.46. The highest BCUT2D eigenvalue weighted by molar-refractivity contribution is 6.06. The number of carboxylic acids is 1. The third-order valence-electron chi connectivity index (χ3n) is 5.38. The number of carbonyl (C=O) groups is 3. The van der Waals surface area contributed by atoms with Crippen LogP contribution in [0.2, 0.25) is 0 Å². The molecule has 1 heterocycles. The fourth-order valence-electron chi connectivity index (χ4n) is 3.37. The Morgan fingerprint density at radius 3 is 2.34 bits per heavy atom. The number of benzene rings is 2. The summed E-state index contributed by atoms with van der Waals surface area (Å²) in [6, 6.07) is 7.10. The van der Waals surface area contributed by atoms with Crippen molar-refractivity contribution in [3.63, 3.8) is 0 Å². The quantitative estimate of drug-likeness (QED) is 0.386. The van der Waals surface area contributed by atoms with Gasteiger partial charge in [0.15, 0.2) is 23.2 Å². The van der Waals surface area contributed by atoms with Crippen LogP contribution in [0, 0.1) is 23.3 Å². The van der Waals surface area contributed by atoms with E-state index in [-0.39, 0.29) is 18.9 Å². The van der Waals surface area contributed by atoms with E-state index in [1.54, 1.807) is 37.3 Å². The first kappa shape index (κ1) is 25.7. The van der Waals surface area contributed by atoms with Gasteiger partial charge >= 0.3 is 5.97 Å². The predicted molar refractivity (Wildman–Crippen MR) is 113 cm³/mol. The minimum absolute atomic E-state index is 0.0306. The Hall–Kier alpha value is -3.96. The molecule has 0 spiro atoms. The number of aliphatic carboxylic acids is 1. The lowest BCUT2D eigenvalue weighted by Crippen LogP contribution is -2.53. The molecule has 2 N–H and O–H groups in total. The molecule has 1 aliphatic heterocycles. The van der Waals surface area contributed by atoms with E-state index in [4.69, 9.17) is 9.94 Å². The molecular weight excluding hydrogens is 476 g/mol. The zero-order chi connectivity index (χ0) is 25.8. The van der Waals surface area contributed by atoms with Crippen LogP contribution in [0.5, 0.6) is 5.75 Å². The average molecular weight is 496 g/mol. The summed E-state index contributed by atoms with van der Waals surface area (Å²) in [6.07, 6.45) is -0.756. The van der Waals surface area contributed by atoms with Crippen molar-refractivity contribution >= 4 is 23.4 Å². The average Bonchev–Trinajstić information content (AvgIpc) is 3.28. The fraction of sp³-hybridized carbons (Fsp3) is 0.304. The largest absolute Gasteiger partial charge is 0.481 e. The Kier molecular flexibility index (Phi) is 7.72. The number of halogens is 4. The van der Waals surface area contributed by atoms with Crippen LogP contribution >= 0.6 is 0 Å². The van der Waals surface area contributed by atoms with Crippen LogP contribution in [0.15, 0.2) is 41.6 Å². The molecule has 2 aromatic carbocycles. The van der Waals surface area contributed by atoms with Gasteiger partial charge in [0.2, 0.25) is 17.2 Å². The molecule has 0 fully saturated rings. The van der Waals surface area contributed by atoms with E-state index in [0.717, 1.165) is 0 Å². The zero-order valence-electron chi connectivity index (χ0n) is 18.3. The van der Waals surface area contributed by atoms with Gasteiger partial charge in [0.1, 0.15) is 12.6 Å². The third kappa shape index (κ3) is 5.58. The Morgan fingerprint density at radius 1 is 1.14 bits per heavy atom. The van der Waals surface area contributed by atoms with Gasteiger partial charge in [0.05, 0.1) is 12.1 Å². The van der Waals surface area contributed by atoms with Crippen LogP contribution in [-0.4, -0.2) is 46.7 Å². The number of ketones is 1. The van der Waals surface area contributed by atoms with E-state index in [1.165, 1.54) is 0 Å². The SMILES string of the molecule is CCC1(C(=O)N[C@@H](CC(=O)O)C(=O)COc2c(F)c(F)cc(F)c2F)CC(c2ccccc2)=NO1. The molecule has 1 amide bonds. The number of carboxylic acid groups (broad SMARTS) is 1. The monoisotopic (exact) mass is 496 g/mol. The first-order valence-electron chi connectivity index (χ1n) is 10.4. The molecule has 0 aromatic heterocycles. The molecule has 0 saturated heterocycles. The van der Waals surface area contributed by atoms with Crippen molar-refractivity contribution in [1.29, 1.82) is 0 Å². The standard InChI is InChI=1S/C23H20F4N2O6/c1-2-23(10-16(29-35-23)12-6-4-3-5-7-12)22(33)28-15(9-18(31)32)17(30)11-34-21-19(26)13(24)8-14(25)20(21)27/h3-8,15H,2,9-11H2,1H3,(H,28,33)(H,31,32)/t15-,23?/m0/s1. The van der Waals surface area contributed by atoms with Gasteiger partial charge in [-0.05, 0) is 12.0 Å². The minimum atomic E-state index is -1.87. The number of amides is 1. The summed E-state index contributed by atoms with van der Waals surface area (Å²) in [4.78, 5) is 42.2. The van der Waals surface area contributed by atoms with Crippen molar-refractivity contribution in [2.24, 2.45) is 5.16 Å². The molecule has 1 aliphatic rings. The van der Waals surface area contributed by atoms with Gasteiger partial charge in [-0.1, -0.05) is 42.4 Å². The maximum absolute atomic E-state index is 13.8. The topological polar surface area (TPSA) is 114 Å². The molecule has 2 aromatic rings. The van der Waals surface area contributed by atoms with E-state index in [1.807, 2.05) is 0 Å². The van der Waals surface area contributed by atoms with Crippen molar-refractivity contribution in [1.82, 2.24) is 5.32 Å². The Bertz CT molecular complexity index is 1150. The number of nitrogens with zero attached hydrogens (tertiary/aromatic N) is 1. The maximum Gasteiger partial charge on any atom is 0.305 e. The van der Waals surface area contributed by atoms with E-state index in [9.17, 15) is 31.9 Å². The second kappa shape index (κ2) is 10.5. The van der Waals surface area contributed by atoms with Crippen molar-refractivity contribution < 1.29 is 46.6 Å². The van der Waals surface area contributed by atoms with Gasteiger partial charge < -0.3 is 20.0 Å². The van der Waals surface area contributed by atoms with Gasteiger partial charge in [-0.15, -0.1) is 0 Å². The normalized spacial score (nSPS) is 17.8. The van der Waals surface area contributed by atoms with Crippen LogP contribution < -0.4 is 10.1 Å². The van der Waals surface area contributed by atoms with Crippen LogP contribution in [-0.2, 0) is 19.2 Å². The minimum Gasteiger partial charge on any atom is -0.481 e. The molecule has 0 radical (unpaired) electrons. The summed E-state index contributed by atoms with van der Waals surface area (Å²) < 4.78 is 58.9. The molecular formula is C23H20F4N2O6. The molecule has 186 valence electrons. The maximum atomic E-state index is 13.8. The Labute approximate surface area is 196 Å². The van der Waals surface area contributed by atoms with Crippen molar-refractivity contribution in [3.8, 4) is 5.75 Å². The lowest BCUT2D eigenvalue weighted by atomic mass is 9.90. The fourth-order valence-corrected chi connectivity index (χ4v) is 3.37. The second-order valence-corrected chi connectivity index (χ2v) is 7.70. The zero-order valence-corrected chi connectivity index (χ0v) is 18.3. The van der Waals surface area contributed by atoms with Crippen molar-refractivity contribution in [2.75, 3.05) is 6.61 Å². The van der Waals surface area contributed by atoms with Crippen LogP contribution in [0.1, 0.15) is 31.7 Å². The highest BCUT2D eigenvalue weighted by atomic mass is 19.2. The molecule has 0 bridgehead atoms. The summed E-state index contributed by atoms with van der Waals surface area (Å²) in [7, 11) is 0. The highest BCUT2D eigenvalue weighted by Crippen LogP contribution is 2.31. The molecule has 0 aliphatic carbocycles. The van der Waals surface area contributed by atoms with Gasteiger partial charge in [-0.3, -0.25) is 14.4 Å². The van der Waals surface area contributed by atoms with E-state index >= 15 is 0 Å². The van der Waals surface area contributed by atoms with Crippen LogP contribution in [0.4, 0.5) is 17.6 Å². The van der Waals surface area contributed by atoms with Gasteiger partial charge in [0, 0.05) is 12.5 Å². The van der Waals surface area contributed by atoms with E-state index in [0.29, 0.717) is 11.3 Å². The number of carbonyl (C=O) groups excluding carboxylic acids is 2. The Balaban J connectivity index is 1.73.